The second-order valence-corrected chi connectivity index (χ2v) is 4.66. The molecule has 0 radical (unpaired) electrons. The molecule has 3 N–H and O–H groups in total. The lowest BCUT2D eigenvalue weighted by Crippen LogP contribution is -2.14. The third-order valence-electron chi connectivity index (χ3n) is 2.92. The molecule has 0 aliphatic carbocycles. The van der Waals surface area contributed by atoms with Gasteiger partial charge in [0, 0.05) is 11.4 Å². The Hall–Kier alpha value is -1.87. The lowest BCUT2D eigenvalue weighted by Gasteiger charge is -2.37. The van der Waals surface area contributed by atoms with E-state index in [1.807, 2.05) is 6.92 Å². The van der Waals surface area contributed by atoms with Crippen LogP contribution >= 0.6 is 0 Å². The van der Waals surface area contributed by atoms with Crippen LogP contribution in [-0.4, -0.2) is 16.1 Å². The number of nitrogens with zero attached hydrogens (tertiary/aromatic N) is 3. The molecule has 0 atom stereocenters. The van der Waals surface area contributed by atoms with E-state index in [9.17, 15) is 10.4 Å². The molecule has 0 bridgehead atoms. The van der Waals surface area contributed by atoms with Crippen LogP contribution in [0.25, 0.3) is 0 Å². The molecule has 0 aliphatic heterocycles. The van der Waals surface area contributed by atoms with Crippen LogP contribution in [0.15, 0.2) is 23.3 Å². The van der Waals surface area contributed by atoms with E-state index in [2.05, 4.69) is 17.5 Å². The summed E-state index contributed by atoms with van der Waals surface area (Å²) < 4.78 is 0. The fourth-order valence-electron chi connectivity index (χ4n) is 1.74. The summed E-state index contributed by atoms with van der Waals surface area (Å²) in [6.07, 6.45) is 4.12. The molecule has 0 unspecified atom stereocenters. The fraction of sp³-hybridized carbons (Fsp3) is 0.462. The number of benzene rings is 1. The van der Waals surface area contributed by atoms with E-state index in [1.54, 1.807) is 0 Å². The monoisotopic (exact) mass is 296 g/mol. The van der Waals surface area contributed by atoms with E-state index in [1.165, 1.54) is 12.1 Å². The van der Waals surface area contributed by atoms with Gasteiger partial charge in [0.05, 0.1) is 5.69 Å². The quantitative estimate of drug-likeness (QED) is 0.382. The summed E-state index contributed by atoms with van der Waals surface area (Å²) in [4.78, 5) is 0. The maximum Gasteiger partial charge on any atom is 0.121 e. The molecule has 0 saturated carbocycles. The lowest BCUT2D eigenvalue weighted by atomic mass is 10.1. The summed E-state index contributed by atoms with van der Waals surface area (Å²) in [5.41, 5.74) is 3.44. The molecule has 0 heterocycles. The van der Waals surface area contributed by atoms with Gasteiger partial charge in [0.1, 0.15) is 5.69 Å². The predicted octanol–water partition coefficient (Wildman–Crippen LogP) is 3.44. The molecule has 21 heavy (non-hydrogen) atoms. The van der Waals surface area contributed by atoms with Crippen LogP contribution < -0.4 is 15.9 Å². The van der Waals surface area contributed by atoms with Crippen molar-refractivity contribution in [2.24, 2.45) is 5.10 Å². The molecular weight excluding hydrogens is 276 g/mol. The molecule has 118 valence electrons. The van der Waals surface area contributed by atoms with Crippen LogP contribution in [0.5, 0.6) is 0 Å². The first-order chi connectivity index (χ1) is 9.95. The van der Waals surface area contributed by atoms with Crippen molar-refractivity contribution in [1.82, 2.24) is 0 Å². The lowest BCUT2D eigenvalue weighted by molar-refractivity contribution is 0.0295. The predicted molar refractivity (Wildman–Crippen MR) is 82.6 cm³/mol. The number of hydrogen-bond acceptors (Lipinski definition) is 8. The Morgan fingerprint density at radius 3 is 2.57 bits per heavy atom. The highest BCUT2D eigenvalue weighted by Crippen LogP contribution is 2.29. The Balaban J connectivity index is 2.80. The van der Waals surface area contributed by atoms with Crippen molar-refractivity contribution in [2.45, 2.75) is 39.5 Å². The van der Waals surface area contributed by atoms with E-state index in [-0.39, 0.29) is 22.3 Å². The zero-order valence-electron chi connectivity index (χ0n) is 12.1. The molecule has 1 aromatic carbocycles. The van der Waals surface area contributed by atoms with Gasteiger partial charge < -0.3 is 15.6 Å². The Morgan fingerprint density at radius 1 is 1.29 bits per heavy atom. The van der Waals surface area contributed by atoms with E-state index >= 15 is 0 Å². The second kappa shape index (κ2) is 8.42. The van der Waals surface area contributed by atoms with E-state index in [0.717, 1.165) is 37.5 Å². The molecule has 0 aliphatic rings. The summed E-state index contributed by atoms with van der Waals surface area (Å²) in [5, 5.41) is 43.0. The van der Waals surface area contributed by atoms with Gasteiger partial charge in [0.2, 0.25) is 0 Å². The van der Waals surface area contributed by atoms with E-state index < -0.39 is 5.23 Å². The first-order valence-corrected chi connectivity index (χ1v) is 6.71. The standard InChI is InChI=1S/C13H20N4O4/c1-3-4-5-6-10(2)14-15-12-8-7-11(16(18)19)9-13(12)17(20)21/h7-9,15,20-21H,3-6H2,1-2H3/q-2. The minimum atomic E-state index is -0.615. The third-order valence-corrected chi connectivity index (χ3v) is 2.92. The van der Waals surface area contributed by atoms with Gasteiger partial charge in [-0.3, -0.25) is 15.8 Å². The minimum absolute atomic E-state index is 0.144. The normalized spacial score (nSPS) is 11.4. The summed E-state index contributed by atoms with van der Waals surface area (Å²) in [5.74, 6) is 0. The highest BCUT2D eigenvalue weighted by Gasteiger charge is 2.08. The van der Waals surface area contributed by atoms with Crippen molar-refractivity contribution >= 4 is 22.8 Å². The fourth-order valence-corrected chi connectivity index (χ4v) is 1.74. The molecule has 0 spiro atoms. The SMILES string of the molecule is CCCCCC(C)=NNc1ccc(N([O-])[O-])cc1N(O)O. The first kappa shape index (κ1) is 17.2. The summed E-state index contributed by atoms with van der Waals surface area (Å²) in [6, 6.07) is 3.68. The van der Waals surface area contributed by atoms with Crippen LogP contribution in [0.4, 0.5) is 17.1 Å². The minimum Gasteiger partial charge on any atom is -0.769 e. The second-order valence-electron chi connectivity index (χ2n) is 4.66. The van der Waals surface area contributed by atoms with Gasteiger partial charge in [-0.15, -0.1) is 5.23 Å². The average Bonchev–Trinajstić information content (AvgIpc) is 2.45. The molecule has 0 saturated heterocycles. The van der Waals surface area contributed by atoms with E-state index in [0.29, 0.717) is 0 Å². The highest BCUT2D eigenvalue weighted by molar-refractivity contribution is 5.83. The maximum atomic E-state index is 10.7. The Labute approximate surface area is 123 Å². The molecule has 8 nitrogen and oxygen atoms in total. The number of hydrogen-bond donors (Lipinski definition) is 3. The van der Waals surface area contributed by atoms with Gasteiger partial charge in [-0.1, -0.05) is 19.8 Å². The molecule has 1 rings (SSSR count). The van der Waals surface area contributed by atoms with Crippen molar-refractivity contribution in [3.63, 3.8) is 0 Å². The van der Waals surface area contributed by atoms with Gasteiger partial charge >= 0.3 is 0 Å². The third kappa shape index (κ3) is 5.56. The number of nitrogens with one attached hydrogen (secondary N) is 1. The molecular formula is C13H20N4O4-2. The Morgan fingerprint density at radius 2 is 2.00 bits per heavy atom. The topological polar surface area (TPSA) is 117 Å². The van der Waals surface area contributed by atoms with E-state index in [4.69, 9.17) is 10.4 Å². The average molecular weight is 296 g/mol. The van der Waals surface area contributed by atoms with Crippen molar-refractivity contribution in [1.29, 1.82) is 0 Å². The van der Waals surface area contributed by atoms with Crippen LogP contribution in [-0.2, 0) is 0 Å². The van der Waals surface area contributed by atoms with Gasteiger partial charge in [0.25, 0.3) is 0 Å². The number of rotatable bonds is 8. The maximum absolute atomic E-state index is 10.7. The van der Waals surface area contributed by atoms with Gasteiger partial charge in [-0.2, -0.15) is 5.10 Å². The van der Waals surface area contributed by atoms with Gasteiger partial charge in [-0.25, -0.2) is 0 Å². The Kier molecular flexibility index (Phi) is 6.89. The zero-order valence-corrected chi connectivity index (χ0v) is 12.1. The van der Waals surface area contributed by atoms with Crippen LogP contribution in [0, 0.1) is 10.4 Å². The van der Waals surface area contributed by atoms with Gasteiger partial charge in [-0.05, 0) is 38.0 Å². The Bertz CT molecular complexity index is 477. The number of unbranched alkanes of at least 4 members (excludes halogenated alkanes) is 2. The van der Waals surface area contributed by atoms with Crippen LogP contribution in [0.2, 0.25) is 0 Å². The number of hydrazone groups is 1. The van der Waals surface area contributed by atoms with Crippen LogP contribution in [0.3, 0.4) is 0 Å². The molecule has 8 heteroatoms. The van der Waals surface area contributed by atoms with Crippen molar-refractivity contribution in [3.8, 4) is 0 Å². The summed E-state index contributed by atoms with van der Waals surface area (Å²) in [6.45, 7) is 3.98. The number of anilines is 3. The molecule has 0 fully saturated rings. The largest absolute Gasteiger partial charge is 0.769 e. The first-order valence-electron chi connectivity index (χ1n) is 6.71. The highest BCUT2D eigenvalue weighted by atomic mass is 16.8. The molecule has 0 aromatic heterocycles. The zero-order chi connectivity index (χ0) is 15.8. The van der Waals surface area contributed by atoms with Gasteiger partial charge in [0.15, 0.2) is 0 Å². The van der Waals surface area contributed by atoms with Crippen molar-refractivity contribution < 1.29 is 10.4 Å². The van der Waals surface area contributed by atoms with Crippen molar-refractivity contribution in [2.75, 3.05) is 15.9 Å². The molecule has 0 amide bonds. The summed E-state index contributed by atoms with van der Waals surface area (Å²) >= 11 is 0. The molecule has 1 aromatic rings. The summed E-state index contributed by atoms with van der Waals surface area (Å²) in [7, 11) is 0. The van der Waals surface area contributed by atoms with Crippen molar-refractivity contribution in [3.05, 3.63) is 28.6 Å². The van der Waals surface area contributed by atoms with Crippen LogP contribution in [0.1, 0.15) is 39.5 Å². The smallest absolute Gasteiger partial charge is 0.121 e.